The monoisotopic (exact) mass is 374 g/mol. The summed E-state index contributed by atoms with van der Waals surface area (Å²) >= 11 is 5.93. The van der Waals surface area contributed by atoms with Crippen molar-refractivity contribution in [2.45, 2.75) is 19.3 Å². The average molecular weight is 375 g/mol. The second kappa shape index (κ2) is 10.2. The van der Waals surface area contributed by atoms with Crippen LogP contribution in [-0.4, -0.2) is 24.4 Å². The van der Waals surface area contributed by atoms with Gasteiger partial charge in [-0.2, -0.15) is 0 Å². The Hall–Kier alpha value is -2.86. The predicted molar refractivity (Wildman–Crippen MR) is 100.0 cm³/mol. The third-order valence-electron chi connectivity index (χ3n) is 3.35. The van der Waals surface area contributed by atoms with E-state index in [2.05, 4.69) is 10.6 Å². The maximum Gasteiger partial charge on any atom is 0.306 e. The van der Waals surface area contributed by atoms with Gasteiger partial charge in [0.25, 0.3) is 5.91 Å². The van der Waals surface area contributed by atoms with E-state index in [0.29, 0.717) is 22.8 Å². The highest BCUT2D eigenvalue weighted by Crippen LogP contribution is 2.20. The third kappa shape index (κ3) is 6.94. The molecule has 0 unspecified atom stereocenters. The predicted octanol–water partition coefficient (Wildman–Crippen LogP) is 3.63. The topological polar surface area (TPSA) is 84.5 Å². The van der Waals surface area contributed by atoms with Crippen molar-refractivity contribution in [2.75, 3.05) is 17.2 Å². The lowest BCUT2D eigenvalue weighted by atomic mass is 10.2. The minimum atomic E-state index is -0.535. The van der Waals surface area contributed by atoms with Gasteiger partial charge < -0.3 is 15.4 Å². The number of rotatable bonds is 8. The molecule has 0 aliphatic carbocycles. The number of amides is 2. The number of carbonyl (C=O) groups is 3. The molecule has 26 heavy (non-hydrogen) atoms. The fourth-order valence-electron chi connectivity index (χ4n) is 2.11. The molecule has 0 heterocycles. The molecular weight excluding hydrogens is 356 g/mol. The first kappa shape index (κ1) is 19.5. The molecular formula is C19H19ClN2O4. The summed E-state index contributed by atoms with van der Waals surface area (Å²) in [4.78, 5) is 35.1. The molecule has 2 aromatic carbocycles. The van der Waals surface area contributed by atoms with Gasteiger partial charge in [0.2, 0.25) is 5.91 Å². The second-order valence-electron chi connectivity index (χ2n) is 5.46. The van der Waals surface area contributed by atoms with E-state index in [0.717, 1.165) is 0 Å². The zero-order valence-corrected chi connectivity index (χ0v) is 14.8. The third-order valence-corrected chi connectivity index (χ3v) is 3.68. The second-order valence-corrected chi connectivity index (χ2v) is 5.86. The van der Waals surface area contributed by atoms with Crippen molar-refractivity contribution in [1.82, 2.24) is 0 Å². The van der Waals surface area contributed by atoms with Crippen LogP contribution in [0.2, 0.25) is 5.02 Å². The summed E-state index contributed by atoms with van der Waals surface area (Å²) in [5, 5.41) is 5.69. The summed E-state index contributed by atoms with van der Waals surface area (Å²) in [5.74, 6) is -1.19. The van der Waals surface area contributed by atoms with Crippen LogP contribution in [0.1, 0.15) is 19.3 Å². The molecule has 136 valence electrons. The van der Waals surface area contributed by atoms with Crippen LogP contribution in [0.4, 0.5) is 11.4 Å². The number of nitrogens with one attached hydrogen (secondary N) is 2. The van der Waals surface area contributed by atoms with E-state index < -0.39 is 18.5 Å². The Morgan fingerprint density at radius 2 is 1.54 bits per heavy atom. The van der Waals surface area contributed by atoms with E-state index in [4.69, 9.17) is 16.3 Å². The van der Waals surface area contributed by atoms with E-state index in [-0.39, 0.29) is 18.7 Å². The van der Waals surface area contributed by atoms with Gasteiger partial charge >= 0.3 is 5.97 Å². The van der Waals surface area contributed by atoms with Crippen LogP contribution in [0.15, 0.2) is 54.6 Å². The summed E-state index contributed by atoms with van der Waals surface area (Å²) in [6.45, 7) is -0.403. The van der Waals surface area contributed by atoms with Gasteiger partial charge in [-0.15, -0.1) is 0 Å². The first-order chi connectivity index (χ1) is 12.5. The Bertz CT molecular complexity index is 765. The Morgan fingerprint density at radius 1 is 0.846 bits per heavy atom. The first-order valence-electron chi connectivity index (χ1n) is 8.09. The van der Waals surface area contributed by atoms with Crippen LogP contribution >= 0.6 is 11.6 Å². The first-order valence-corrected chi connectivity index (χ1v) is 8.47. The van der Waals surface area contributed by atoms with Crippen molar-refractivity contribution in [2.24, 2.45) is 0 Å². The van der Waals surface area contributed by atoms with Crippen LogP contribution in [0.3, 0.4) is 0 Å². The maximum atomic E-state index is 11.8. The highest BCUT2D eigenvalue weighted by Gasteiger charge is 2.10. The van der Waals surface area contributed by atoms with Gasteiger partial charge in [0.1, 0.15) is 0 Å². The molecule has 0 aliphatic heterocycles. The number of hydrogen-bond donors (Lipinski definition) is 2. The smallest absolute Gasteiger partial charge is 0.306 e. The molecule has 0 spiro atoms. The molecule has 2 rings (SSSR count). The average Bonchev–Trinajstić information content (AvgIpc) is 2.63. The van der Waals surface area contributed by atoms with E-state index in [1.807, 2.05) is 18.2 Å². The number of ether oxygens (including phenoxy) is 1. The van der Waals surface area contributed by atoms with Crippen LogP contribution in [0.25, 0.3) is 0 Å². The number of benzene rings is 2. The van der Waals surface area contributed by atoms with Crippen LogP contribution in [-0.2, 0) is 19.1 Å². The van der Waals surface area contributed by atoms with Crippen LogP contribution < -0.4 is 10.6 Å². The number of esters is 1. The molecule has 2 amide bonds. The van der Waals surface area contributed by atoms with Crippen molar-refractivity contribution >= 4 is 40.8 Å². The Labute approximate surface area is 156 Å². The lowest BCUT2D eigenvalue weighted by Gasteiger charge is -2.08. The molecule has 0 saturated carbocycles. The fourth-order valence-corrected chi connectivity index (χ4v) is 2.29. The largest absolute Gasteiger partial charge is 0.456 e. The number of hydrogen-bond acceptors (Lipinski definition) is 4. The molecule has 2 N–H and O–H groups in total. The molecule has 0 radical (unpaired) electrons. The Kier molecular flexibility index (Phi) is 7.64. The van der Waals surface area contributed by atoms with Crippen molar-refractivity contribution in [3.63, 3.8) is 0 Å². The van der Waals surface area contributed by atoms with Crippen LogP contribution in [0.5, 0.6) is 0 Å². The zero-order valence-electron chi connectivity index (χ0n) is 14.0. The van der Waals surface area contributed by atoms with E-state index in [9.17, 15) is 14.4 Å². The normalized spacial score (nSPS) is 10.0. The standard InChI is InChI=1S/C19H19ClN2O4/c20-15-9-4-5-10-16(15)22-18(24)13-26-19(25)12-6-11-17(23)21-14-7-2-1-3-8-14/h1-5,7-10H,6,11-13H2,(H,21,23)(H,22,24). The van der Waals surface area contributed by atoms with Crippen molar-refractivity contribution < 1.29 is 19.1 Å². The van der Waals surface area contributed by atoms with Gasteiger partial charge in [-0.3, -0.25) is 14.4 Å². The SMILES string of the molecule is O=C(CCCC(=O)OCC(=O)Nc1ccccc1Cl)Nc1ccccc1. The summed E-state index contributed by atoms with van der Waals surface area (Å²) in [7, 11) is 0. The van der Waals surface area contributed by atoms with Crippen LogP contribution in [0, 0.1) is 0 Å². The van der Waals surface area contributed by atoms with Gasteiger partial charge in [-0.1, -0.05) is 41.9 Å². The molecule has 2 aromatic rings. The van der Waals surface area contributed by atoms with E-state index in [1.54, 1.807) is 36.4 Å². The minimum absolute atomic E-state index is 0.0571. The number of halogens is 1. The summed E-state index contributed by atoms with van der Waals surface area (Å²) in [6.07, 6.45) is 0.584. The summed E-state index contributed by atoms with van der Waals surface area (Å²) < 4.78 is 4.89. The molecule has 0 aromatic heterocycles. The summed E-state index contributed by atoms with van der Waals surface area (Å²) in [5.41, 5.74) is 1.16. The van der Waals surface area contributed by atoms with Gasteiger partial charge in [0, 0.05) is 18.5 Å². The van der Waals surface area contributed by atoms with Crippen molar-refractivity contribution in [3.8, 4) is 0 Å². The highest BCUT2D eigenvalue weighted by atomic mass is 35.5. The lowest BCUT2D eigenvalue weighted by molar-refractivity contribution is -0.147. The molecule has 0 aliphatic rings. The highest BCUT2D eigenvalue weighted by molar-refractivity contribution is 6.33. The Balaban J connectivity index is 1.62. The Morgan fingerprint density at radius 3 is 2.27 bits per heavy atom. The van der Waals surface area contributed by atoms with Gasteiger partial charge in [0.05, 0.1) is 10.7 Å². The lowest BCUT2D eigenvalue weighted by Crippen LogP contribution is -2.21. The number of carbonyl (C=O) groups excluding carboxylic acids is 3. The number of anilines is 2. The molecule has 7 heteroatoms. The quantitative estimate of drug-likeness (QED) is 0.691. The van der Waals surface area contributed by atoms with Gasteiger partial charge in [-0.05, 0) is 30.7 Å². The summed E-state index contributed by atoms with van der Waals surface area (Å²) in [6, 6.07) is 15.8. The number of para-hydroxylation sites is 2. The fraction of sp³-hybridized carbons (Fsp3) is 0.211. The maximum absolute atomic E-state index is 11.8. The molecule has 0 fully saturated rings. The minimum Gasteiger partial charge on any atom is -0.456 e. The van der Waals surface area contributed by atoms with Gasteiger partial charge in [-0.25, -0.2) is 0 Å². The van der Waals surface area contributed by atoms with E-state index in [1.165, 1.54) is 0 Å². The molecule has 0 saturated heterocycles. The molecule has 0 bridgehead atoms. The van der Waals surface area contributed by atoms with Crippen molar-refractivity contribution in [3.05, 3.63) is 59.6 Å². The van der Waals surface area contributed by atoms with Crippen molar-refractivity contribution in [1.29, 1.82) is 0 Å². The zero-order chi connectivity index (χ0) is 18.8. The molecule has 6 nitrogen and oxygen atoms in total. The van der Waals surface area contributed by atoms with Gasteiger partial charge in [0.15, 0.2) is 6.61 Å². The molecule has 0 atom stereocenters. The van der Waals surface area contributed by atoms with E-state index >= 15 is 0 Å².